The second kappa shape index (κ2) is 12.6. The first kappa shape index (κ1) is 31.9. The van der Waals surface area contributed by atoms with Crippen LogP contribution in [0.25, 0.3) is 115 Å². The van der Waals surface area contributed by atoms with Crippen molar-refractivity contribution in [1.82, 2.24) is 19.5 Å². The van der Waals surface area contributed by atoms with Gasteiger partial charge in [0, 0.05) is 58.7 Å². The van der Waals surface area contributed by atoms with E-state index in [1.807, 2.05) is 6.07 Å². The van der Waals surface area contributed by atoms with Crippen LogP contribution < -0.4 is 0 Å². The van der Waals surface area contributed by atoms with Crippen LogP contribution in [0.1, 0.15) is 0 Å². The van der Waals surface area contributed by atoms with Gasteiger partial charge in [0.25, 0.3) is 0 Å². The van der Waals surface area contributed by atoms with E-state index in [4.69, 9.17) is 19.4 Å². The van der Waals surface area contributed by atoms with Crippen molar-refractivity contribution in [2.24, 2.45) is 0 Å². The molecule has 0 spiro atoms. The van der Waals surface area contributed by atoms with Crippen LogP contribution in [-0.2, 0) is 0 Å². The fourth-order valence-corrected chi connectivity index (χ4v) is 9.48. The van der Waals surface area contributed by atoms with Crippen LogP contribution >= 0.6 is 11.3 Å². The Morgan fingerprint density at radius 1 is 0.386 bits per heavy atom. The summed E-state index contributed by atoms with van der Waals surface area (Å²) in [7, 11) is 0. The summed E-state index contributed by atoms with van der Waals surface area (Å²) < 4.78 is 11.4. The molecule has 266 valence electrons. The lowest BCUT2D eigenvalue weighted by Gasteiger charge is -2.10. The summed E-state index contributed by atoms with van der Waals surface area (Å²) in [5, 5.41) is 6.88. The Bertz CT molecular complexity index is 3530. The number of thiophene rings is 1. The molecule has 0 aliphatic heterocycles. The highest BCUT2D eigenvalue weighted by Gasteiger charge is 2.21. The molecule has 57 heavy (non-hydrogen) atoms. The van der Waals surface area contributed by atoms with Gasteiger partial charge in [-0.15, -0.1) is 11.3 Å². The average molecular weight is 747 g/mol. The third-order valence-electron chi connectivity index (χ3n) is 11.0. The molecular formula is C51H30N4OS. The van der Waals surface area contributed by atoms with Crippen molar-refractivity contribution in [2.45, 2.75) is 0 Å². The molecule has 0 unspecified atom stereocenters. The van der Waals surface area contributed by atoms with Crippen LogP contribution in [0.2, 0.25) is 0 Å². The summed E-state index contributed by atoms with van der Waals surface area (Å²) in [5.41, 5.74) is 10.0. The van der Waals surface area contributed by atoms with Gasteiger partial charge in [0.15, 0.2) is 17.5 Å². The zero-order valence-electron chi connectivity index (χ0n) is 30.4. The van der Waals surface area contributed by atoms with E-state index >= 15 is 0 Å². The summed E-state index contributed by atoms with van der Waals surface area (Å²) in [6.45, 7) is 0. The first-order valence-electron chi connectivity index (χ1n) is 19.0. The molecule has 8 aromatic carbocycles. The molecule has 4 aromatic heterocycles. The molecule has 5 nitrogen and oxygen atoms in total. The Kier molecular flexibility index (Phi) is 7.03. The third-order valence-corrected chi connectivity index (χ3v) is 12.2. The normalized spacial score (nSPS) is 11.9. The Labute approximate surface area is 330 Å². The minimum Gasteiger partial charge on any atom is -0.456 e. The summed E-state index contributed by atoms with van der Waals surface area (Å²) in [6, 6.07) is 63.7. The van der Waals surface area contributed by atoms with Crippen LogP contribution in [0, 0.1) is 0 Å². The van der Waals surface area contributed by atoms with Gasteiger partial charge in [-0.3, -0.25) is 0 Å². The van der Waals surface area contributed by atoms with E-state index < -0.39 is 0 Å². The smallest absolute Gasteiger partial charge is 0.164 e. The van der Waals surface area contributed by atoms with Gasteiger partial charge in [-0.05, 0) is 90.0 Å². The van der Waals surface area contributed by atoms with Gasteiger partial charge in [0.05, 0.1) is 16.4 Å². The van der Waals surface area contributed by atoms with Gasteiger partial charge in [-0.25, -0.2) is 15.0 Å². The number of hydrogen-bond acceptors (Lipinski definition) is 5. The topological polar surface area (TPSA) is 56.7 Å². The van der Waals surface area contributed by atoms with Crippen LogP contribution in [0.3, 0.4) is 0 Å². The molecule has 0 aliphatic rings. The number of hydrogen-bond donors (Lipinski definition) is 0. The summed E-state index contributed by atoms with van der Waals surface area (Å²) in [6.07, 6.45) is 0. The van der Waals surface area contributed by atoms with Crippen molar-refractivity contribution in [1.29, 1.82) is 0 Å². The Hall–Kier alpha value is -7.41. The molecule has 0 amide bonds. The van der Waals surface area contributed by atoms with Crippen molar-refractivity contribution in [2.75, 3.05) is 0 Å². The number of nitrogens with zero attached hydrogens (tertiary/aromatic N) is 4. The highest BCUT2D eigenvalue weighted by atomic mass is 32.1. The molecule has 0 atom stereocenters. The van der Waals surface area contributed by atoms with Crippen LogP contribution in [0.5, 0.6) is 0 Å². The predicted molar refractivity (Wildman–Crippen MR) is 236 cm³/mol. The van der Waals surface area contributed by atoms with Gasteiger partial charge in [-0.1, -0.05) is 103 Å². The lowest BCUT2D eigenvalue weighted by atomic mass is 10.0. The maximum atomic E-state index is 6.58. The lowest BCUT2D eigenvalue weighted by molar-refractivity contribution is 0.669. The number of furan rings is 1. The molecular weight excluding hydrogens is 717 g/mol. The lowest BCUT2D eigenvalue weighted by Crippen LogP contribution is -2.00. The van der Waals surface area contributed by atoms with Crippen LogP contribution in [0.15, 0.2) is 186 Å². The average Bonchev–Trinajstić information content (AvgIpc) is 3.96. The van der Waals surface area contributed by atoms with E-state index in [1.54, 1.807) is 11.3 Å². The minimum absolute atomic E-state index is 0.599. The molecule has 12 rings (SSSR count). The quantitative estimate of drug-likeness (QED) is 0.176. The molecule has 0 fully saturated rings. The van der Waals surface area contributed by atoms with Crippen LogP contribution in [-0.4, -0.2) is 19.5 Å². The highest BCUT2D eigenvalue weighted by molar-refractivity contribution is 7.25. The zero-order chi connectivity index (χ0) is 37.5. The molecule has 4 heterocycles. The van der Waals surface area contributed by atoms with E-state index in [0.717, 1.165) is 66.5 Å². The maximum absolute atomic E-state index is 6.58. The van der Waals surface area contributed by atoms with Gasteiger partial charge in [-0.2, -0.15) is 0 Å². The molecule has 6 heteroatoms. The maximum Gasteiger partial charge on any atom is 0.164 e. The second-order valence-electron chi connectivity index (χ2n) is 14.4. The van der Waals surface area contributed by atoms with Crippen molar-refractivity contribution in [3.63, 3.8) is 0 Å². The number of para-hydroxylation sites is 2. The van der Waals surface area contributed by atoms with Gasteiger partial charge in [0.2, 0.25) is 0 Å². The van der Waals surface area contributed by atoms with Gasteiger partial charge >= 0.3 is 0 Å². The number of aromatic nitrogens is 4. The zero-order valence-corrected chi connectivity index (χ0v) is 31.2. The third kappa shape index (κ3) is 5.12. The molecule has 0 saturated carbocycles. The first-order valence-corrected chi connectivity index (χ1v) is 19.8. The number of fused-ring (bicyclic) bond motifs is 10. The monoisotopic (exact) mass is 746 g/mol. The van der Waals surface area contributed by atoms with Gasteiger partial charge < -0.3 is 8.98 Å². The van der Waals surface area contributed by atoms with E-state index in [2.05, 4.69) is 180 Å². The fraction of sp³-hybridized carbons (Fsp3) is 0. The fourth-order valence-electron chi connectivity index (χ4n) is 8.40. The second-order valence-corrected chi connectivity index (χ2v) is 15.5. The van der Waals surface area contributed by atoms with Crippen molar-refractivity contribution in [3.05, 3.63) is 182 Å². The van der Waals surface area contributed by atoms with Crippen LogP contribution in [0.4, 0.5) is 0 Å². The van der Waals surface area contributed by atoms with E-state index in [1.165, 1.54) is 30.9 Å². The van der Waals surface area contributed by atoms with E-state index in [0.29, 0.717) is 17.5 Å². The molecule has 0 bridgehead atoms. The molecule has 0 N–H and O–H groups in total. The Morgan fingerprint density at radius 2 is 0.982 bits per heavy atom. The molecule has 0 aliphatic carbocycles. The predicted octanol–water partition coefficient (Wildman–Crippen LogP) is 13.9. The molecule has 0 radical (unpaired) electrons. The Morgan fingerprint density at radius 3 is 1.79 bits per heavy atom. The Balaban J connectivity index is 1.10. The standard InChI is InChI=1S/C51H30N4OS/c1-3-12-31(13-4-1)32-14-11-15-33(28-32)49-52-50(54-51(53-49)35-23-27-46-40(29-35)38-19-8-10-21-45(38)57-46)34-22-25-43-41(30-34)47-44(56-43)26-24-39-37-18-7-9-20-42(37)55(48(39)47)36-16-5-2-6-17-36/h1-30H. The van der Waals surface area contributed by atoms with Crippen molar-refractivity contribution in [3.8, 4) is 51.0 Å². The van der Waals surface area contributed by atoms with E-state index in [9.17, 15) is 0 Å². The van der Waals surface area contributed by atoms with Gasteiger partial charge in [0.1, 0.15) is 11.2 Å². The molecule has 0 saturated heterocycles. The SMILES string of the molecule is c1ccc(-c2cccc(-c3nc(-c4ccc5sc6ccccc6c5c4)nc(-c4ccc5oc6ccc7c8ccccc8n(-c8ccccc8)c7c6c5c4)n3)c2)cc1. The first-order chi connectivity index (χ1) is 28.2. The number of benzene rings is 8. The largest absolute Gasteiger partial charge is 0.456 e. The van der Waals surface area contributed by atoms with Crippen molar-refractivity contribution < 1.29 is 4.42 Å². The number of rotatable bonds is 5. The molecule has 12 aromatic rings. The summed E-state index contributed by atoms with van der Waals surface area (Å²) >= 11 is 1.81. The summed E-state index contributed by atoms with van der Waals surface area (Å²) in [4.78, 5) is 15.6. The van der Waals surface area contributed by atoms with E-state index in [-0.39, 0.29) is 0 Å². The highest BCUT2D eigenvalue weighted by Crippen LogP contribution is 2.42. The minimum atomic E-state index is 0.599. The van der Waals surface area contributed by atoms with Crippen molar-refractivity contribution >= 4 is 75.3 Å². The summed E-state index contributed by atoms with van der Waals surface area (Å²) in [5.74, 6) is 1.84.